The van der Waals surface area contributed by atoms with Crippen LogP contribution >= 0.6 is 0 Å². The van der Waals surface area contributed by atoms with E-state index in [0.717, 1.165) is 19.3 Å². The highest BCUT2D eigenvalue weighted by atomic mass is 32.2. The first-order valence-corrected chi connectivity index (χ1v) is 9.83. The van der Waals surface area contributed by atoms with Crippen molar-refractivity contribution in [2.75, 3.05) is 25.4 Å². The quantitative estimate of drug-likeness (QED) is 0.819. The summed E-state index contributed by atoms with van der Waals surface area (Å²) < 4.78 is 26.3. The molecule has 1 aliphatic rings. The molecule has 2 heterocycles. The topological polar surface area (TPSA) is 79.4 Å². The van der Waals surface area contributed by atoms with Gasteiger partial charge in [0.1, 0.15) is 0 Å². The van der Waals surface area contributed by atoms with Gasteiger partial charge in [-0.1, -0.05) is 13.3 Å². The van der Waals surface area contributed by atoms with E-state index in [1.165, 1.54) is 0 Å². The Kier molecular flexibility index (Phi) is 6.53. The molecular formula is C16H25N3O3S. The lowest BCUT2D eigenvalue weighted by Crippen LogP contribution is -2.41. The first-order valence-electron chi connectivity index (χ1n) is 8.18. The number of carbonyl (C=O) groups is 1. The van der Waals surface area contributed by atoms with E-state index in [1.54, 1.807) is 24.5 Å². The van der Waals surface area contributed by atoms with E-state index >= 15 is 0 Å². The van der Waals surface area contributed by atoms with Crippen LogP contribution in [0.5, 0.6) is 0 Å². The number of nitrogens with one attached hydrogen (secondary N) is 1. The molecule has 1 fully saturated rings. The van der Waals surface area contributed by atoms with E-state index in [0.29, 0.717) is 37.5 Å². The Morgan fingerprint density at radius 1 is 1.39 bits per heavy atom. The number of unbranched alkanes of at least 4 members (excludes halogenated alkanes) is 1. The summed E-state index contributed by atoms with van der Waals surface area (Å²) in [5, 5.41) is 0. The van der Waals surface area contributed by atoms with Gasteiger partial charge >= 0.3 is 0 Å². The van der Waals surface area contributed by atoms with Crippen molar-refractivity contribution in [1.82, 2.24) is 14.6 Å². The lowest BCUT2D eigenvalue weighted by atomic mass is 9.97. The van der Waals surface area contributed by atoms with Gasteiger partial charge in [0.05, 0.1) is 11.3 Å². The van der Waals surface area contributed by atoms with Gasteiger partial charge in [-0.15, -0.1) is 0 Å². The van der Waals surface area contributed by atoms with Crippen molar-refractivity contribution >= 4 is 15.9 Å². The van der Waals surface area contributed by atoms with Crippen LogP contribution in [0.15, 0.2) is 24.5 Å². The van der Waals surface area contributed by atoms with Crippen molar-refractivity contribution in [1.29, 1.82) is 0 Å². The second-order valence-corrected chi connectivity index (χ2v) is 7.92. The largest absolute Gasteiger partial charge is 0.339 e. The zero-order valence-corrected chi connectivity index (χ0v) is 14.4. The van der Waals surface area contributed by atoms with Gasteiger partial charge in [0.15, 0.2) is 0 Å². The standard InChI is InChI=1S/C16H25N3O3S/c1-2-3-11-23(21,22)18-12-14-6-9-19(10-7-14)16(20)15-5-4-8-17-13-15/h4-5,8,13-14,18H,2-3,6-7,9-12H2,1H3. The summed E-state index contributed by atoms with van der Waals surface area (Å²) in [6.45, 7) is 3.77. The summed E-state index contributed by atoms with van der Waals surface area (Å²) in [5.74, 6) is 0.492. The van der Waals surface area contributed by atoms with Crippen LogP contribution in [-0.4, -0.2) is 49.6 Å². The number of sulfonamides is 1. The molecule has 0 atom stereocenters. The maximum absolute atomic E-state index is 12.3. The average Bonchev–Trinajstić information content (AvgIpc) is 2.59. The number of aromatic nitrogens is 1. The highest BCUT2D eigenvalue weighted by Crippen LogP contribution is 2.18. The van der Waals surface area contributed by atoms with Gasteiger partial charge in [-0.2, -0.15) is 0 Å². The molecule has 1 aromatic heterocycles. The fourth-order valence-corrected chi connectivity index (χ4v) is 3.97. The van der Waals surface area contributed by atoms with E-state index < -0.39 is 10.0 Å². The highest BCUT2D eigenvalue weighted by molar-refractivity contribution is 7.89. The molecule has 0 spiro atoms. The Balaban J connectivity index is 1.77. The zero-order valence-electron chi connectivity index (χ0n) is 13.6. The van der Waals surface area contributed by atoms with Crippen LogP contribution in [0.25, 0.3) is 0 Å². The number of hydrogen-bond donors (Lipinski definition) is 1. The van der Waals surface area contributed by atoms with Crippen LogP contribution in [0.3, 0.4) is 0 Å². The lowest BCUT2D eigenvalue weighted by molar-refractivity contribution is 0.0691. The molecule has 0 unspecified atom stereocenters. The number of rotatable bonds is 7. The summed E-state index contributed by atoms with van der Waals surface area (Å²) in [5.41, 5.74) is 0.603. The Labute approximate surface area is 138 Å². The Bertz CT molecular complexity index is 596. The lowest BCUT2D eigenvalue weighted by Gasteiger charge is -2.32. The molecule has 0 aliphatic carbocycles. The smallest absolute Gasteiger partial charge is 0.255 e. The number of amides is 1. The summed E-state index contributed by atoms with van der Waals surface area (Å²) >= 11 is 0. The monoisotopic (exact) mass is 339 g/mol. The first-order chi connectivity index (χ1) is 11.0. The van der Waals surface area contributed by atoms with Crippen LogP contribution in [0.2, 0.25) is 0 Å². The average molecular weight is 339 g/mol. The number of nitrogens with zero attached hydrogens (tertiary/aromatic N) is 2. The molecule has 1 amide bonds. The third kappa shape index (κ3) is 5.58. The predicted molar refractivity (Wildman–Crippen MR) is 89.6 cm³/mol. The van der Waals surface area contributed by atoms with Gasteiger partial charge in [0, 0.05) is 32.0 Å². The summed E-state index contributed by atoms with van der Waals surface area (Å²) in [4.78, 5) is 18.1. The van der Waals surface area contributed by atoms with Crippen LogP contribution in [0.1, 0.15) is 43.0 Å². The molecule has 128 valence electrons. The van der Waals surface area contributed by atoms with Gasteiger partial charge < -0.3 is 4.90 Å². The summed E-state index contributed by atoms with van der Waals surface area (Å²) in [7, 11) is -3.15. The van der Waals surface area contributed by atoms with Crippen molar-refractivity contribution in [3.8, 4) is 0 Å². The Morgan fingerprint density at radius 2 is 2.13 bits per heavy atom. The highest BCUT2D eigenvalue weighted by Gasteiger charge is 2.24. The second kappa shape index (κ2) is 8.40. The summed E-state index contributed by atoms with van der Waals surface area (Å²) in [6, 6.07) is 3.52. The molecule has 0 bridgehead atoms. The molecular weight excluding hydrogens is 314 g/mol. The fraction of sp³-hybridized carbons (Fsp3) is 0.625. The van der Waals surface area contributed by atoms with Gasteiger partial charge in [-0.3, -0.25) is 9.78 Å². The molecule has 1 N–H and O–H groups in total. The third-order valence-electron chi connectivity index (χ3n) is 4.17. The third-order valence-corrected chi connectivity index (χ3v) is 5.60. The Hall–Kier alpha value is -1.47. The van der Waals surface area contributed by atoms with E-state index in [-0.39, 0.29) is 11.7 Å². The molecule has 23 heavy (non-hydrogen) atoms. The number of likely N-dealkylation sites (tertiary alicyclic amines) is 1. The minimum Gasteiger partial charge on any atom is -0.339 e. The maximum atomic E-state index is 12.3. The number of piperidine rings is 1. The van der Waals surface area contributed by atoms with Gasteiger partial charge in [-0.25, -0.2) is 13.1 Å². The van der Waals surface area contributed by atoms with Gasteiger partial charge in [0.25, 0.3) is 5.91 Å². The molecule has 2 rings (SSSR count). The SMILES string of the molecule is CCCCS(=O)(=O)NCC1CCN(C(=O)c2cccnc2)CC1. The van der Waals surface area contributed by atoms with Crippen LogP contribution in [0.4, 0.5) is 0 Å². The number of carbonyl (C=O) groups excluding carboxylic acids is 1. The van der Waals surface area contributed by atoms with Crippen LogP contribution in [0, 0.1) is 5.92 Å². The van der Waals surface area contributed by atoms with E-state index in [9.17, 15) is 13.2 Å². The molecule has 0 saturated carbocycles. The van der Waals surface area contributed by atoms with Gasteiger partial charge in [0.2, 0.25) is 10.0 Å². The van der Waals surface area contributed by atoms with Crippen molar-refractivity contribution < 1.29 is 13.2 Å². The predicted octanol–water partition coefficient (Wildman–Crippen LogP) is 1.65. The molecule has 7 heteroatoms. The Morgan fingerprint density at radius 3 is 2.74 bits per heavy atom. The van der Waals surface area contributed by atoms with E-state index in [2.05, 4.69) is 9.71 Å². The number of pyridine rings is 1. The van der Waals surface area contributed by atoms with Crippen molar-refractivity contribution in [3.05, 3.63) is 30.1 Å². The minimum absolute atomic E-state index is 0.0000708. The second-order valence-electron chi connectivity index (χ2n) is 6.00. The minimum atomic E-state index is -3.15. The molecule has 0 aromatic carbocycles. The maximum Gasteiger partial charge on any atom is 0.255 e. The normalized spacial score (nSPS) is 16.5. The van der Waals surface area contributed by atoms with E-state index in [4.69, 9.17) is 0 Å². The van der Waals surface area contributed by atoms with Crippen LogP contribution in [-0.2, 0) is 10.0 Å². The van der Waals surface area contributed by atoms with Gasteiger partial charge in [-0.05, 0) is 37.3 Å². The molecule has 0 radical (unpaired) electrons. The molecule has 1 aromatic rings. The first kappa shape index (κ1) is 17.9. The van der Waals surface area contributed by atoms with Crippen molar-refractivity contribution in [2.24, 2.45) is 5.92 Å². The zero-order chi connectivity index (χ0) is 16.7. The van der Waals surface area contributed by atoms with Crippen molar-refractivity contribution in [2.45, 2.75) is 32.6 Å². The van der Waals surface area contributed by atoms with Crippen LogP contribution < -0.4 is 4.72 Å². The fourth-order valence-electron chi connectivity index (χ4n) is 2.66. The van der Waals surface area contributed by atoms with E-state index in [1.807, 2.05) is 11.8 Å². The molecule has 1 aliphatic heterocycles. The summed E-state index contributed by atoms with van der Waals surface area (Å²) in [6.07, 6.45) is 6.43. The molecule has 1 saturated heterocycles. The number of hydrogen-bond acceptors (Lipinski definition) is 4. The molecule has 6 nitrogen and oxygen atoms in total. The van der Waals surface area contributed by atoms with Crippen molar-refractivity contribution in [3.63, 3.8) is 0 Å².